The van der Waals surface area contributed by atoms with Crippen LogP contribution in [-0.2, 0) is 16.1 Å². The summed E-state index contributed by atoms with van der Waals surface area (Å²) in [6.07, 6.45) is 3.49. The predicted molar refractivity (Wildman–Crippen MR) is 79.7 cm³/mol. The van der Waals surface area contributed by atoms with Crippen LogP contribution in [0.15, 0.2) is 28.7 Å². The molecule has 1 aromatic rings. The Morgan fingerprint density at radius 1 is 1.57 bits per heavy atom. The predicted octanol–water partition coefficient (Wildman–Crippen LogP) is 0.747. The van der Waals surface area contributed by atoms with E-state index in [1.165, 1.54) is 16.8 Å². The lowest BCUT2D eigenvalue weighted by atomic mass is 10.2. The van der Waals surface area contributed by atoms with Gasteiger partial charge in [-0.05, 0) is 6.42 Å². The van der Waals surface area contributed by atoms with Crippen molar-refractivity contribution in [3.63, 3.8) is 0 Å². The van der Waals surface area contributed by atoms with Crippen LogP contribution in [-0.4, -0.2) is 48.2 Å². The van der Waals surface area contributed by atoms with Crippen molar-refractivity contribution >= 4 is 11.7 Å². The number of aromatic nitrogens is 2. The summed E-state index contributed by atoms with van der Waals surface area (Å²) in [5.41, 5.74) is 0.699. The van der Waals surface area contributed by atoms with Crippen LogP contribution in [0.4, 0.5) is 5.69 Å². The maximum atomic E-state index is 12.0. The summed E-state index contributed by atoms with van der Waals surface area (Å²) in [6, 6.07) is 1.48. The van der Waals surface area contributed by atoms with Gasteiger partial charge in [-0.25, -0.2) is 9.48 Å². The Morgan fingerprint density at radius 2 is 2.29 bits per heavy atom. The van der Waals surface area contributed by atoms with Crippen molar-refractivity contribution in [1.29, 1.82) is 0 Å². The molecule has 0 bridgehead atoms. The number of carboxylic acids is 1. The molecule has 21 heavy (non-hydrogen) atoms. The van der Waals surface area contributed by atoms with Crippen molar-refractivity contribution in [2.24, 2.45) is 0 Å². The minimum absolute atomic E-state index is 0.149. The largest absolute Gasteiger partial charge is 0.478 e. The maximum Gasteiger partial charge on any atom is 0.331 e. The van der Waals surface area contributed by atoms with Crippen molar-refractivity contribution < 1.29 is 14.6 Å². The van der Waals surface area contributed by atoms with E-state index >= 15 is 0 Å². The average molecular weight is 295 g/mol. The summed E-state index contributed by atoms with van der Waals surface area (Å²) in [6.45, 7) is 3.11. The van der Waals surface area contributed by atoms with Crippen LogP contribution in [0.2, 0.25) is 0 Å². The zero-order valence-corrected chi connectivity index (χ0v) is 12.6. The first kappa shape index (κ1) is 16.9. The maximum absolute atomic E-state index is 12.0. The Kier molecular flexibility index (Phi) is 6.61. The first-order valence-corrected chi connectivity index (χ1v) is 6.69. The number of nitrogens with zero attached hydrogens (tertiary/aromatic N) is 3. The van der Waals surface area contributed by atoms with E-state index in [2.05, 4.69) is 5.10 Å². The Bertz CT molecular complexity index is 566. The van der Waals surface area contributed by atoms with Crippen LogP contribution in [0.25, 0.3) is 0 Å². The second-order valence-corrected chi connectivity index (χ2v) is 4.54. The van der Waals surface area contributed by atoms with Crippen LogP contribution >= 0.6 is 0 Å². The smallest absolute Gasteiger partial charge is 0.331 e. The monoisotopic (exact) mass is 295 g/mol. The van der Waals surface area contributed by atoms with E-state index in [-0.39, 0.29) is 17.7 Å². The SMILES string of the molecule is CCC(=CCn1ncc(N(C)CCOC)cc1=O)C(=O)O. The van der Waals surface area contributed by atoms with Gasteiger partial charge in [-0.3, -0.25) is 4.79 Å². The molecule has 1 N–H and O–H groups in total. The van der Waals surface area contributed by atoms with Gasteiger partial charge in [-0.2, -0.15) is 5.10 Å². The third-order valence-electron chi connectivity index (χ3n) is 3.09. The number of likely N-dealkylation sites (N-methyl/N-ethyl adjacent to an activating group) is 1. The fourth-order valence-electron chi connectivity index (χ4n) is 1.71. The Balaban J connectivity index is 2.84. The number of anilines is 1. The Labute approximate surface area is 123 Å². The number of carbonyl (C=O) groups is 1. The zero-order valence-electron chi connectivity index (χ0n) is 12.6. The summed E-state index contributed by atoms with van der Waals surface area (Å²) < 4.78 is 6.21. The fourth-order valence-corrected chi connectivity index (χ4v) is 1.71. The minimum atomic E-state index is -0.971. The molecule has 0 atom stereocenters. The molecular weight excluding hydrogens is 274 g/mol. The molecule has 0 saturated heterocycles. The number of rotatable bonds is 8. The van der Waals surface area contributed by atoms with Crippen LogP contribution in [0.3, 0.4) is 0 Å². The minimum Gasteiger partial charge on any atom is -0.478 e. The van der Waals surface area contributed by atoms with Gasteiger partial charge in [0, 0.05) is 32.3 Å². The number of methoxy groups -OCH3 is 1. The van der Waals surface area contributed by atoms with Gasteiger partial charge in [-0.15, -0.1) is 0 Å². The summed E-state index contributed by atoms with van der Waals surface area (Å²) in [5.74, 6) is -0.971. The van der Waals surface area contributed by atoms with Gasteiger partial charge in [0.05, 0.1) is 25.0 Å². The summed E-state index contributed by atoms with van der Waals surface area (Å²) in [5, 5.41) is 13.0. The van der Waals surface area contributed by atoms with Gasteiger partial charge in [0.1, 0.15) is 0 Å². The van der Waals surface area contributed by atoms with Crippen molar-refractivity contribution in [2.45, 2.75) is 19.9 Å². The van der Waals surface area contributed by atoms with Gasteiger partial charge in [0.25, 0.3) is 5.56 Å². The third kappa shape index (κ3) is 5.03. The van der Waals surface area contributed by atoms with E-state index < -0.39 is 5.97 Å². The van der Waals surface area contributed by atoms with Crippen molar-refractivity contribution in [3.05, 3.63) is 34.3 Å². The number of carboxylic acid groups (broad SMARTS) is 1. The number of allylic oxidation sites excluding steroid dienone is 1. The summed E-state index contributed by atoms with van der Waals surface area (Å²) in [4.78, 5) is 24.7. The molecular formula is C14H21N3O4. The zero-order chi connectivity index (χ0) is 15.8. The number of hydrogen-bond acceptors (Lipinski definition) is 5. The van der Waals surface area contributed by atoms with Crippen LogP contribution < -0.4 is 10.5 Å². The molecule has 0 radical (unpaired) electrons. The highest BCUT2D eigenvalue weighted by atomic mass is 16.5. The molecule has 7 nitrogen and oxygen atoms in total. The normalized spacial score (nSPS) is 11.5. The quantitative estimate of drug-likeness (QED) is 0.712. The molecule has 0 unspecified atom stereocenters. The molecule has 1 rings (SSSR count). The fraction of sp³-hybridized carbons (Fsp3) is 0.500. The van der Waals surface area contributed by atoms with Crippen LogP contribution in [0.1, 0.15) is 13.3 Å². The van der Waals surface area contributed by atoms with Gasteiger partial charge in [0.15, 0.2) is 0 Å². The number of aliphatic carboxylic acids is 1. The van der Waals surface area contributed by atoms with Crippen LogP contribution in [0, 0.1) is 0 Å². The first-order valence-electron chi connectivity index (χ1n) is 6.69. The van der Waals surface area contributed by atoms with Gasteiger partial charge in [0.2, 0.25) is 0 Å². The highest BCUT2D eigenvalue weighted by Gasteiger charge is 2.06. The van der Waals surface area contributed by atoms with Crippen molar-refractivity contribution in [3.8, 4) is 0 Å². The molecule has 0 aliphatic carbocycles. The average Bonchev–Trinajstić information content (AvgIpc) is 2.46. The van der Waals surface area contributed by atoms with Crippen LogP contribution in [0.5, 0.6) is 0 Å². The molecule has 7 heteroatoms. The summed E-state index contributed by atoms with van der Waals surface area (Å²) >= 11 is 0. The molecule has 1 aromatic heterocycles. The third-order valence-corrected chi connectivity index (χ3v) is 3.09. The lowest BCUT2D eigenvalue weighted by molar-refractivity contribution is -0.132. The molecule has 1 heterocycles. The van der Waals surface area contributed by atoms with Gasteiger partial charge < -0.3 is 14.7 Å². The van der Waals surface area contributed by atoms with Crippen molar-refractivity contribution in [1.82, 2.24) is 9.78 Å². The molecule has 116 valence electrons. The molecule has 0 aliphatic rings. The van der Waals surface area contributed by atoms with E-state index in [9.17, 15) is 9.59 Å². The van der Waals surface area contributed by atoms with Gasteiger partial charge >= 0.3 is 5.97 Å². The second kappa shape index (κ2) is 8.21. The molecule has 0 fully saturated rings. The van der Waals surface area contributed by atoms with E-state index in [0.29, 0.717) is 25.3 Å². The molecule has 0 aliphatic heterocycles. The molecule has 0 amide bonds. The topological polar surface area (TPSA) is 84.7 Å². The highest BCUT2D eigenvalue weighted by Crippen LogP contribution is 2.06. The van der Waals surface area contributed by atoms with E-state index in [1.54, 1.807) is 20.2 Å². The van der Waals surface area contributed by atoms with Crippen molar-refractivity contribution in [2.75, 3.05) is 32.2 Å². The first-order chi connectivity index (χ1) is 9.99. The van der Waals surface area contributed by atoms with E-state index in [4.69, 9.17) is 9.84 Å². The number of ether oxygens (including phenoxy) is 1. The molecule has 0 spiro atoms. The lowest BCUT2D eigenvalue weighted by Gasteiger charge is -2.18. The Hall–Kier alpha value is -2.15. The highest BCUT2D eigenvalue weighted by molar-refractivity contribution is 5.86. The summed E-state index contributed by atoms with van der Waals surface area (Å²) in [7, 11) is 3.46. The molecule has 0 saturated carbocycles. The van der Waals surface area contributed by atoms with Gasteiger partial charge in [-0.1, -0.05) is 13.0 Å². The molecule has 0 aromatic carbocycles. The number of hydrogen-bond donors (Lipinski definition) is 1. The van der Waals surface area contributed by atoms with E-state index in [0.717, 1.165) is 0 Å². The van der Waals surface area contributed by atoms with E-state index in [1.807, 2.05) is 11.9 Å². The lowest BCUT2D eigenvalue weighted by Crippen LogP contribution is -2.27. The standard InChI is InChI=1S/C14H21N3O4/c1-4-11(14(19)20)5-6-17-13(18)9-12(10-15-17)16(2)7-8-21-3/h5,9-10H,4,6-8H2,1-3H3,(H,19,20). The second-order valence-electron chi connectivity index (χ2n) is 4.54. The Morgan fingerprint density at radius 3 is 2.81 bits per heavy atom.